The number of hydrogen-bond donors (Lipinski definition) is 1. The molecular weight excluding hydrogens is 276 g/mol. The number of halogens is 1. The highest BCUT2D eigenvalue weighted by Gasteiger charge is 2.20. The summed E-state index contributed by atoms with van der Waals surface area (Å²) in [5.74, 6) is 2.00. The van der Waals surface area contributed by atoms with E-state index >= 15 is 0 Å². The Morgan fingerprint density at radius 3 is 2.65 bits per heavy atom. The summed E-state index contributed by atoms with van der Waals surface area (Å²) in [5.41, 5.74) is 1.22. The lowest BCUT2D eigenvalue weighted by Gasteiger charge is -2.29. The van der Waals surface area contributed by atoms with Crippen molar-refractivity contribution in [2.45, 2.75) is 52.0 Å². The summed E-state index contributed by atoms with van der Waals surface area (Å²) in [4.78, 5) is 4.45. The molecule has 0 bridgehead atoms. The number of anilines is 1. The predicted molar refractivity (Wildman–Crippen MR) is 76.3 cm³/mol. The molecule has 0 radical (unpaired) electrons. The molecule has 1 heterocycles. The number of rotatable bonds is 3. The molecule has 1 fully saturated rings. The van der Waals surface area contributed by atoms with Gasteiger partial charge in [-0.25, -0.2) is 4.98 Å². The van der Waals surface area contributed by atoms with E-state index in [1.54, 1.807) is 0 Å². The SMILES string of the molecule is CCC1CCC(Nc2ncc(Br)cc2C)CC1. The highest BCUT2D eigenvalue weighted by Crippen LogP contribution is 2.29. The Morgan fingerprint density at radius 1 is 1.35 bits per heavy atom. The second-order valence-electron chi connectivity index (χ2n) is 5.09. The van der Waals surface area contributed by atoms with Gasteiger partial charge in [0.05, 0.1) is 0 Å². The van der Waals surface area contributed by atoms with Crippen LogP contribution in [0.1, 0.15) is 44.6 Å². The molecule has 0 aliphatic heterocycles. The largest absolute Gasteiger partial charge is 0.367 e. The Labute approximate surface area is 112 Å². The molecule has 17 heavy (non-hydrogen) atoms. The first-order valence-corrected chi connectivity index (χ1v) is 7.37. The van der Waals surface area contributed by atoms with Crippen LogP contribution in [0.3, 0.4) is 0 Å². The Balaban J connectivity index is 1.93. The smallest absolute Gasteiger partial charge is 0.129 e. The topological polar surface area (TPSA) is 24.9 Å². The number of aromatic nitrogens is 1. The van der Waals surface area contributed by atoms with E-state index in [-0.39, 0.29) is 0 Å². The van der Waals surface area contributed by atoms with Crippen LogP contribution in [0.4, 0.5) is 5.82 Å². The fourth-order valence-corrected chi connectivity index (χ4v) is 3.05. The van der Waals surface area contributed by atoms with E-state index in [0.717, 1.165) is 16.2 Å². The average molecular weight is 297 g/mol. The zero-order valence-corrected chi connectivity index (χ0v) is 12.3. The van der Waals surface area contributed by atoms with E-state index in [1.165, 1.54) is 37.7 Å². The zero-order chi connectivity index (χ0) is 12.3. The quantitative estimate of drug-likeness (QED) is 0.886. The fourth-order valence-electron chi connectivity index (χ4n) is 2.60. The second kappa shape index (κ2) is 5.85. The highest BCUT2D eigenvalue weighted by atomic mass is 79.9. The third-order valence-corrected chi connectivity index (χ3v) is 4.24. The van der Waals surface area contributed by atoms with Crippen LogP contribution in [0.5, 0.6) is 0 Å². The van der Waals surface area contributed by atoms with Gasteiger partial charge in [-0.2, -0.15) is 0 Å². The monoisotopic (exact) mass is 296 g/mol. The van der Waals surface area contributed by atoms with Crippen molar-refractivity contribution in [2.75, 3.05) is 5.32 Å². The van der Waals surface area contributed by atoms with E-state index in [9.17, 15) is 0 Å². The van der Waals surface area contributed by atoms with Gasteiger partial charge in [-0.15, -0.1) is 0 Å². The van der Waals surface area contributed by atoms with Crippen LogP contribution in [-0.2, 0) is 0 Å². The van der Waals surface area contributed by atoms with Crippen molar-refractivity contribution in [1.82, 2.24) is 4.98 Å². The maximum Gasteiger partial charge on any atom is 0.129 e. The molecule has 0 spiro atoms. The van der Waals surface area contributed by atoms with Gasteiger partial charge in [0, 0.05) is 16.7 Å². The van der Waals surface area contributed by atoms with Gasteiger partial charge in [-0.1, -0.05) is 13.3 Å². The van der Waals surface area contributed by atoms with Gasteiger partial charge in [-0.3, -0.25) is 0 Å². The Morgan fingerprint density at radius 2 is 2.06 bits per heavy atom. The Kier molecular flexibility index (Phi) is 4.43. The van der Waals surface area contributed by atoms with E-state index in [1.807, 2.05) is 6.20 Å². The van der Waals surface area contributed by atoms with Crippen LogP contribution in [0.2, 0.25) is 0 Å². The molecule has 0 unspecified atom stereocenters. The molecular formula is C14H21BrN2. The van der Waals surface area contributed by atoms with Crippen LogP contribution >= 0.6 is 15.9 Å². The van der Waals surface area contributed by atoms with Crippen LogP contribution in [-0.4, -0.2) is 11.0 Å². The Hall–Kier alpha value is -0.570. The highest BCUT2D eigenvalue weighted by molar-refractivity contribution is 9.10. The predicted octanol–water partition coefficient (Wildman–Crippen LogP) is 4.53. The van der Waals surface area contributed by atoms with Crippen molar-refractivity contribution in [3.8, 4) is 0 Å². The first-order valence-electron chi connectivity index (χ1n) is 6.57. The standard InChI is InChI=1S/C14H21BrN2/c1-3-11-4-6-13(7-5-11)17-14-10(2)8-12(15)9-16-14/h8-9,11,13H,3-7H2,1-2H3,(H,16,17). The molecule has 0 amide bonds. The molecule has 3 heteroatoms. The zero-order valence-electron chi connectivity index (χ0n) is 10.7. The third kappa shape index (κ3) is 3.44. The van der Waals surface area contributed by atoms with Gasteiger partial charge in [-0.05, 0) is 66.1 Å². The molecule has 1 aromatic heterocycles. The summed E-state index contributed by atoms with van der Waals surface area (Å²) >= 11 is 3.45. The molecule has 0 atom stereocenters. The van der Waals surface area contributed by atoms with Gasteiger partial charge >= 0.3 is 0 Å². The summed E-state index contributed by atoms with van der Waals surface area (Å²) in [6.45, 7) is 4.41. The molecule has 2 nitrogen and oxygen atoms in total. The van der Waals surface area contributed by atoms with Crippen molar-refractivity contribution in [3.63, 3.8) is 0 Å². The van der Waals surface area contributed by atoms with Gasteiger partial charge in [0.1, 0.15) is 5.82 Å². The average Bonchev–Trinajstić information content (AvgIpc) is 2.34. The molecule has 2 rings (SSSR count). The van der Waals surface area contributed by atoms with E-state index < -0.39 is 0 Å². The molecule has 1 aromatic rings. The van der Waals surface area contributed by atoms with Crippen molar-refractivity contribution in [1.29, 1.82) is 0 Å². The Bertz CT molecular complexity index is 370. The molecule has 94 valence electrons. The van der Waals surface area contributed by atoms with Crippen LogP contribution in [0.25, 0.3) is 0 Å². The minimum absolute atomic E-state index is 0.616. The van der Waals surface area contributed by atoms with Crippen LogP contribution in [0, 0.1) is 12.8 Å². The number of aryl methyl sites for hydroxylation is 1. The first kappa shape index (κ1) is 12.9. The number of nitrogens with one attached hydrogen (secondary N) is 1. The first-order chi connectivity index (χ1) is 8.19. The van der Waals surface area contributed by atoms with Crippen molar-refractivity contribution in [2.24, 2.45) is 5.92 Å². The molecule has 0 saturated heterocycles. The lowest BCUT2D eigenvalue weighted by molar-refractivity contribution is 0.330. The summed E-state index contributed by atoms with van der Waals surface area (Å²) in [7, 11) is 0. The minimum atomic E-state index is 0.616. The number of pyridine rings is 1. The summed E-state index contributed by atoms with van der Waals surface area (Å²) in [5, 5.41) is 3.59. The fraction of sp³-hybridized carbons (Fsp3) is 0.643. The molecule has 1 aliphatic carbocycles. The van der Waals surface area contributed by atoms with E-state index in [4.69, 9.17) is 0 Å². The maximum absolute atomic E-state index is 4.45. The van der Waals surface area contributed by atoms with Crippen molar-refractivity contribution in [3.05, 3.63) is 22.3 Å². The third-order valence-electron chi connectivity index (χ3n) is 3.81. The normalized spacial score (nSPS) is 24.6. The summed E-state index contributed by atoms with van der Waals surface area (Å²) < 4.78 is 1.05. The lowest BCUT2D eigenvalue weighted by Crippen LogP contribution is -2.26. The molecule has 1 saturated carbocycles. The van der Waals surface area contributed by atoms with Crippen molar-refractivity contribution < 1.29 is 0 Å². The number of hydrogen-bond acceptors (Lipinski definition) is 2. The van der Waals surface area contributed by atoms with Gasteiger partial charge < -0.3 is 5.32 Å². The van der Waals surface area contributed by atoms with E-state index in [0.29, 0.717) is 6.04 Å². The molecule has 1 aliphatic rings. The molecule has 1 N–H and O–H groups in total. The van der Waals surface area contributed by atoms with Gasteiger partial charge in [0.15, 0.2) is 0 Å². The maximum atomic E-state index is 4.45. The van der Waals surface area contributed by atoms with Gasteiger partial charge in [0.25, 0.3) is 0 Å². The lowest BCUT2D eigenvalue weighted by atomic mass is 9.84. The van der Waals surface area contributed by atoms with Gasteiger partial charge in [0.2, 0.25) is 0 Å². The second-order valence-corrected chi connectivity index (χ2v) is 6.00. The van der Waals surface area contributed by atoms with E-state index in [2.05, 4.69) is 46.1 Å². The van der Waals surface area contributed by atoms with Crippen LogP contribution in [0.15, 0.2) is 16.7 Å². The minimum Gasteiger partial charge on any atom is -0.367 e. The van der Waals surface area contributed by atoms with Crippen LogP contribution < -0.4 is 5.32 Å². The number of nitrogens with zero attached hydrogens (tertiary/aromatic N) is 1. The summed E-state index contributed by atoms with van der Waals surface area (Å²) in [6.07, 6.45) is 8.51. The van der Waals surface area contributed by atoms with Crippen molar-refractivity contribution >= 4 is 21.7 Å². The molecule has 0 aromatic carbocycles. The summed E-state index contributed by atoms with van der Waals surface area (Å²) in [6, 6.07) is 2.73.